The number of thioether (sulfide) groups is 1. The number of amides is 1. The zero-order valence-electron chi connectivity index (χ0n) is 11.8. The van der Waals surface area contributed by atoms with Crippen LogP contribution in [0.5, 0.6) is 0 Å². The van der Waals surface area contributed by atoms with E-state index in [4.69, 9.17) is 5.11 Å². The second-order valence-corrected chi connectivity index (χ2v) is 5.62. The van der Waals surface area contributed by atoms with Crippen molar-refractivity contribution in [1.29, 1.82) is 0 Å². The number of aromatic nitrogens is 1. The molecule has 1 aromatic carbocycles. The number of hydrogen-bond acceptors (Lipinski definition) is 5. The van der Waals surface area contributed by atoms with Gasteiger partial charge in [0.2, 0.25) is 0 Å². The molecule has 3 rings (SSSR count). The molecule has 1 aromatic heterocycles. The van der Waals surface area contributed by atoms with Gasteiger partial charge in [-0.25, -0.2) is 9.79 Å². The number of rotatable bonds is 3. The summed E-state index contributed by atoms with van der Waals surface area (Å²) in [6, 6.07) is 11.6. The fourth-order valence-corrected chi connectivity index (χ4v) is 2.73. The highest BCUT2D eigenvalue weighted by Crippen LogP contribution is 2.27. The number of amidine groups is 1. The van der Waals surface area contributed by atoms with E-state index in [0.717, 1.165) is 0 Å². The first-order valence-corrected chi connectivity index (χ1v) is 7.47. The number of pyridine rings is 1. The van der Waals surface area contributed by atoms with Crippen molar-refractivity contribution in [3.8, 4) is 0 Å². The van der Waals surface area contributed by atoms with E-state index in [1.165, 1.54) is 23.9 Å². The molecular formula is C16H11N3O3S. The maximum atomic E-state index is 12.0. The fraction of sp³-hybridized carbons (Fsp3) is 0. The molecule has 1 fully saturated rings. The second-order valence-electron chi connectivity index (χ2n) is 4.59. The van der Waals surface area contributed by atoms with Crippen LogP contribution >= 0.6 is 11.8 Å². The summed E-state index contributed by atoms with van der Waals surface area (Å²) in [6.45, 7) is 0. The molecule has 114 valence electrons. The summed E-state index contributed by atoms with van der Waals surface area (Å²) in [7, 11) is 0. The van der Waals surface area contributed by atoms with Crippen LogP contribution in [0.15, 0.2) is 58.6 Å². The van der Waals surface area contributed by atoms with Crippen molar-refractivity contribution in [3.63, 3.8) is 0 Å². The van der Waals surface area contributed by atoms with E-state index >= 15 is 0 Å². The van der Waals surface area contributed by atoms with Gasteiger partial charge < -0.3 is 10.4 Å². The van der Waals surface area contributed by atoms with Crippen molar-refractivity contribution in [3.05, 3.63) is 64.8 Å². The maximum absolute atomic E-state index is 12.0. The van der Waals surface area contributed by atoms with E-state index < -0.39 is 5.97 Å². The summed E-state index contributed by atoms with van der Waals surface area (Å²) in [5.74, 6) is -1.28. The summed E-state index contributed by atoms with van der Waals surface area (Å²) >= 11 is 1.19. The topological polar surface area (TPSA) is 91.7 Å². The number of hydrogen-bond donors (Lipinski definition) is 2. The molecule has 1 aliphatic heterocycles. The van der Waals surface area contributed by atoms with Crippen LogP contribution < -0.4 is 5.32 Å². The predicted molar refractivity (Wildman–Crippen MR) is 88.4 cm³/mol. The minimum Gasteiger partial charge on any atom is -0.478 e. The normalized spacial score (nSPS) is 17.5. The molecule has 0 saturated carbocycles. The van der Waals surface area contributed by atoms with E-state index in [9.17, 15) is 9.59 Å². The molecule has 0 radical (unpaired) electrons. The van der Waals surface area contributed by atoms with E-state index in [1.807, 2.05) is 6.07 Å². The van der Waals surface area contributed by atoms with Crippen LogP contribution in [-0.2, 0) is 4.79 Å². The molecule has 1 saturated heterocycles. The van der Waals surface area contributed by atoms with Gasteiger partial charge in [-0.15, -0.1) is 0 Å². The fourth-order valence-electron chi connectivity index (χ4n) is 1.90. The molecule has 0 spiro atoms. The third-order valence-electron chi connectivity index (χ3n) is 2.94. The Morgan fingerprint density at radius 2 is 2.13 bits per heavy atom. The zero-order valence-corrected chi connectivity index (χ0v) is 12.6. The molecule has 6 nitrogen and oxygen atoms in total. The lowest BCUT2D eigenvalue weighted by molar-refractivity contribution is -0.115. The van der Waals surface area contributed by atoms with Crippen LogP contribution in [0, 0.1) is 0 Å². The number of benzene rings is 1. The highest BCUT2D eigenvalue weighted by atomic mass is 32.2. The van der Waals surface area contributed by atoms with Gasteiger partial charge in [0.15, 0.2) is 5.17 Å². The van der Waals surface area contributed by atoms with Gasteiger partial charge in [-0.2, -0.15) is 0 Å². The minimum absolute atomic E-state index is 0.144. The van der Waals surface area contributed by atoms with Gasteiger partial charge in [0.1, 0.15) is 0 Å². The summed E-state index contributed by atoms with van der Waals surface area (Å²) in [6.07, 6.45) is 3.33. The number of aromatic carboxylic acids is 1. The molecule has 2 aromatic rings. The van der Waals surface area contributed by atoms with E-state index in [-0.39, 0.29) is 11.5 Å². The Kier molecular flexibility index (Phi) is 4.20. The van der Waals surface area contributed by atoms with Crippen molar-refractivity contribution < 1.29 is 14.7 Å². The molecule has 0 atom stereocenters. The van der Waals surface area contributed by atoms with Crippen LogP contribution in [0.1, 0.15) is 16.1 Å². The Morgan fingerprint density at radius 1 is 1.26 bits per heavy atom. The monoisotopic (exact) mass is 325 g/mol. The average Bonchev–Trinajstić information content (AvgIpc) is 2.88. The largest absolute Gasteiger partial charge is 0.478 e. The molecule has 1 aliphatic rings. The second kappa shape index (κ2) is 6.45. The summed E-state index contributed by atoms with van der Waals surface area (Å²) in [5.41, 5.74) is 1.29. The van der Waals surface area contributed by atoms with E-state index in [2.05, 4.69) is 15.3 Å². The summed E-state index contributed by atoms with van der Waals surface area (Å²) < 4.78 is 0. The number of carboxylic acids is 1. The van der Waals surface area contributed by atoms with E-state index in [1.54, 1.807) is 36.5 Å². The quantitative estimate of drug-likeness (QED) is 0.847. The van der Waals surface area contributed by atoms with Crippen molar-refractivity contribution in [2.45, 2.75) is 0 Å². The van der Waals surface area contributed by atoms with Crippen LogP contribution in [-0.4, -0.2) is 27.1 Å². The number of carboxylic acid groups (broad SMARTS) is 1. The van der Waals surface area contributed by atoms with E-state index in [0.29, 0.717) is 21.5 Å². The van der Waals surface area contributed by atoms with Gasteiger partial charge in [0.05, 0.1) is 21.8 Å². The number of carbonyl (C=O) groups excluding carboxylic acids is 1. The third kappa shape index (κ3) is 3.64. The molecule has 2 heterocycles. The predicted octanol–water partition coefficient (Wildman–Crippen LogP) is 2.67. The standard InChI is InChI=1S/C16H11N3O3S/c20-14-13(9-11-5-1-2-7-17-11)23-16(19-14)18-12-6-3-4-10(8-12)15(21)22/h1-9H,(H,21,22)(H,18,19,20)/b13-9-. The number of nitrogens with one attached hydrogen (secondary N) is 1. The van der Waals surface area contributed by atoms with Gasteiger partial charge >= 0.3 is 5.97 Å². The highest BCUT2D eigenvalue weighted by Gasteiger charge is 2.24. The Morgan fingerprint density at radius 3 is 2.87 bits per heavy atom. The van der Waals surface area contributed by atoms with Gasteiger partial charge in [-0.3, -0.25) is 9.78 Å². The van der Waals surface area contributed by atoms with Crippen LogP contribution in [0.3, 0.4) is 0 Å². The van der Waals surface area contributed by atoms with Gasteiger partial charge in [0.25, 0.3) is 5.91 Å². The average molecular weight is 325 g/mol. The van der Waals surface area contributed by atoms with Crippen molar-refractivity contribution in [2.75, 3.05) is 0 Å². The van der Waals surface area contributed by atoms with Gasteiger partial charge in [0, 0.05) is 6.20 Å². The Bertz CT molecular complexity index is 831. The molecule has 0 aliphatic carbocycles. The zero-order chi connectivity index (χ0) is 16.2. The molecule has 7 heteroatoms. The number of nitrogens with zero attached hydrogens (tertiary/aromatic N) is 2. The molecule has 23 heavy (non-hydrogen) atoms. The summed E-state index contributed by atoms with van der Waals surface area (Å²) in [4.78, 5) is 31.8. The Balaban J connectivity index is 1.83. The van der Waals surface area contributed by atoms with Gasteiger partial charge in [-0.05, 0) is 48.2 Å². The lowest BCUT2D eigenvalue weighted by Gasteiger charge is -1.98. The Labute approximate surface area is 136 Å². The van der Waals surface area contributed by atoms with Crippen LogP contribution in [0.25, 0.3) is 6.08 Å². The lowest BCUT2D eigenvalue weighted by Crippen LogP contribution is -2.19. The van der Waals surface area contributed by atoms with Crippen molar-refractivity contribution >= 4 is 40.6 Å². The molecular weight excluding hydrogens is 314 g/mol. The number of aliphatic imine (C=N–C) groups is 1. The molecule has 0 unspecified atom stereocenters. The minimum atomic E-state index is -1.02. The first-order chi connectivity index (χ1) is 11.1. The first-order valence-electron chi connectivity index (χ1n) is 6.66. The first kappa shape index (κ1) is 15.0. The lowest BCUT2D eigenvalue weighted by atomic mass is 10.2. The maximum Gasteiger partial charge on any atom is 0.335 e. The van der Waals surface area contributed by atoms with Crippen LogP contribution in [0.4, 0.5) is 5.69 Å². The van der Waals surface area contributed by atoms with Crippen molar-refractivity contribution in [2.24, 2.45) is 4.99 Å². The molecule has 1 amide bonds. The highest BCUT2D eigenvalue weighted by molar-refractivity contribution is 8.18. The Hall–Kier alpha value is -2.93. The number of carbonyl (C=O) groups is 2. The van der Waals surface area contributed by atoms with Gasteiger partial charge in [-0.1, -0.05) is 12.1 Å². The molecule has 2 N–H and O–H groups in total. The van der Waals surface area contributed by atoms with Crippen LogP contribution in [0.2, 0.25) is 0 Å². The third-order valence-corrected chi connectivity index (χ3v) is 3.85. The summed E-state index contributed by atoms with van der Waals surface area (Å²) in [5, 5.41) is 12.0. The smallest absolute Gasteiger partial charge is 0.335 e. The SMILES string of the molecule is O=C1NC(=Nc2cccc(C(=O)O)c2)S/C1=C\c1ccccn1. The molecule has 0 bridgehead atoms. The van der Waals surface area contributed by atoms with Crippen molar-refractivity contribution in [1.82, 2.24) is 10.3 Å².